The summed E-state index contributed by atoms with van der Waals surface area (Å²) in [5, 5.41) is 3.52. The number of fused-ring (bicyclic) bond motifs is 1. The van der Waals surface area contributed by atoms with E-state index in [0.717, 1.165) is 62.1 Å². The van der Waals surface area contributed by atoms with Gasteiger partial charge < -0.3 is 9.64 Å². The molecule has 1 saturated heterocycles. The number of hydrogen-bond donors (Lipinski definition) is 1. The van der Waals surface area contributed by atoms with Crippen molar-refractivity contribution in [2.24, 2.45) is 5.92 Å². The summed E-state index contributed by atoms with van der Waals surface area (Å²) in [5.41, 5.74) is 1.02. The van der Waals surface area contributed by atoms with Crippen molar-refractivity contribution in [2.75, 3.05) is 18.5 Å². The Balaban J connectivity index is 1.62. The van der Waals surface area contributed by atoms with Gasteiger partial charge in [0.15, 0.2) is 5.13 Å². The SMILES string of the molecule is CCCC(CCC)C(=O)N1CCc2nc(NC(=O)C3CCCO3)sc2C1. The second kappa shape index (κ2) is 8.95. The maximum absolute atomic E-state index is 12.9. The van der Waals surface area contributed by atoms with Gasteiger partial charge in [0.1, 0.15) is 6.10 Å². The molecule has 3 heterocycles. The molecule has 2 aliphatic heterocycles. The van der Waals surface area contributed by atoms with Crippen LogP contribution >= 0.6 is 11.3 Å². The highest BCUT2D eigenvalue weighted by Gasteiger charge is 2.29. The van der Waals surface area contributed by atoms with Crippen LogP contribution in [0.15, 0.2) is 0 Å². The van der Waals surface area contributed by atoms with Crippen LogP contribution in [0.2, 0.25) is 0 Å². The lowest BCUT2D eigenvalue weighted by Crippen LogP contribution is -2.39. The lowest BCUT2D eigenvalue weighted by atomic mass is 9.96. The van der Waals surface area contributed by atoms with E-state index in [2.05, 4.69) is 24.1 Å². The summed E-state index contributed by atoms with van der Waals surface area (Å²) in [6.07, 6.45) is 6.11. The summed E-state index contributed by atoms with van der Waals surface area (Å²) in [6, 6.07) is 0. The van der Waals surface area contributed by atoms with E-state index < -0.39 is 0 Å². The number of aromatic nitrogens is 1. The van der Waals surface area contributed by atoms with Crippen molar-refractivity contribution >= 4 is 28.3 Å². The third kappa shape index (κ3) is 4.43. The van der Waals surface area contributed by atoms with Gasteiger partial charge in [0, 0.05) is 30.4 Å². The first-order valence-corrected chi connectivity index (χ1v) is 10.6. The fourth-order valence-electron chi connectivity index (χ4n) is 3.75. The van der Waals surface area contributed by atoms with Gasteiger partial charge in [-0.2, -0.15) is 0 Å². The monoisotopic (exact) mass is 379 g/mol. The Morgan fingerprint density at radius 1 is 1.35 bits per heavy atom. The maximum atomic E-state index is 12.9. The largest absolute Gasteiger partial charge is 0.368 e. The minimum atomic E-state index is -0.349. The fraction of sp³-hybridized carbons (Fsp3) is 0.737. The summed E-state index contributed by atoms with van der Waals surface area (Å²) < 4.78 is 5.42. The number of carbonyl (C=O) groups is 2. The summed E-state index contributed by atoms with van der Waals surface area (Å²) in [6.45, 7) is 6.26. The number of nitrogens with zero attached hydrogens (tertiary/aromatic N) is 2. The molecule has 0 aromatic carbocycles. The topological polar surface area (TPSA) is 71.5 Å². The molecule has 0 bridgehead atoms. The van der Waals surface area contributed by atoms with E-state index >= 15 is 0 Å². The number of nitrogens with one attached hydrogen (secondary N) is 1. The molecule has 0 aliphatic carbocycles. The normalized spacial score (nSPS) is 19.7. The van der Waals surface area contributed by atoms with E-state index in [1.165, 1.54) is 11.3 Å². The number of amides is 2. The van der Waals surface area contributed by atoms with Gasteiger partial charge in [-0.25, -0.2) is 4.98 Å². The molecule has 7 heteroatoms. The lowest BCUT2D eigenvalue weighted by Gasteiger charge is -2.29. The van der Waals surface area contributed by atoms with Gasteiger partial charge in [0.2, 0.25) is 5.91 Å². The Kier molecular flexibility index (Phi) is 6.64. The molecule has 0 spiro atoms. The highest BCUT2D eigenvalue weighted by molar-refractivity contribution is 7.15. The number of anilines is 1. The van der Waals surface area contributed by atoms with Gasteiger partial charge in [0.05, 0.1) is 12.2 Å². The van der Waals surface area contributed by atoms with Gasteiger partial charge in [-0.05, 0) is 25.7 Å². The molecule has 3 rings (SSSR count). The quantitative estimate of drug-likeness (QED) is 0.788. The summed E-state index contributed by atoms with van der Waals surface area (Å²) in [5.74, 6) is 0.309. The average Bonchev–Trinajstić information content (AvgIpc) is 3.29. The molecular weight excluding hydrogens is 350 g/mol. The molecule has 1 fully saturated rings. The molecular formula is C19H29N3O3S. The summed E-state index contributed by atoms with van der Waals surface area (Å²) in [4.78, 5) is 32.7. The van der Waals surface area contributed by atoms with Gasteiger partial charge >= 0.3 is 0 Å². The molecule has 1 N–H and O–H groups in total. The van der Waals surface area contributed by atoms with Crippen LogP contribution in [0.3, 0.4) is 0 Å². The molecule has 1 aromatic rings. The lowest BCUT2D eigenvalue weighted by molar-refractivity contribution is -0.137. The zero-order chi connectivity index (χ0) is 18.5. The second-order valence-corrected chi connectivity index (χ2v) is 8.25. The molecule has 0 saturated carbocycles. The molecule has 1 unspecified atom stereocenters. The Morgan fingerprint density at radius 3 is 2.77 bits per heavy atom. The zero-order valence-corrected chi connectivity index (χ0v) is 16.6. The average molecular weight is 380 g/mol. The van der Waals surface area contributed by atoms with E-state index in [1.807, 2.05) is 4.90 Å². The highest BCUT2D eigenvalue weighted by atomic mass is 32.1. The van der Waals surface area contributed by atoms with Crippen LogP contribution in [0, 0.1) is 5.92 Å². The summed E-state index contributed by atoms with van der Waals surface area (Å²) in [7, 11) is 0. The third-order valence-corrected chi connectivity index (χ3v) is 6.12. The van der Waals surface area contributed by atoms with Gasteiger partial charge in [-0.1, -0.05) is 38.0 Å². The minimum absolute atomic E-state index is 0.104. The predicted octanol–water partition coefficient (Wildman–Crippen LogP) is 3.36. The molecule has 0 radical (unpaired) electrons. The Hall–Kier alpha value is -1.47. The van der Waals surface area contributed by atoms with Gasteiger partial charge in [-0.15, -0.1) is 0 Å². The first-order chi connectivity index (χ1) is 12.6. The Labute approximate surface area is 159 Å². The molecule has 1 aromatic heterocycles. The van der Waals surface area contributed by atoms with Crippen LogP contribution in [0.5, 0.6) is 0 Å². The zero-order valence-electron chi connectivity index (χ0n) is 15.8. The van der Waals surface area contributed by atoms with Crippen LogP contribution < -0.4 is 5.32 Å². The van der Waals surface area contributed by atoms with Crippen LogP contribution in [-0.4, -0.2) is 41.0 Å². The van der Waals surface area contributed by atoms with Crippen LogP contribution in [-0.2, 0) is 27.3 Å². The van der Waals surface area contributed by atoms with E-state index in [9.17, 15) is 9.59 Å². The van der Waals surface area contributed by atoms with Crippen LogP contribution in [0.1, 0.15) is 62.9 Å². The second-order valence-electron chi connectivity index (χ2n) is 7.16. The van der Waals surface area contributed by atoms with Crippen molar-refractivity contribution in [2.45, 2.75) is 71.4 Å². The van der Waals surface area contributed by atoms with Crippen molar-refractivity contribution in [3.05, 3.63) is 10.6 Å². The van der Waals surface area contributed by atoms with Crippen molar-refractivity contribution in [3.8, 4) is 0 Å². The van der Waals surface area contributed by atoms with Crippen molar-refractivity contribution in [3.63, 3.8) is 0 Å². The number of ether oxygens (including phenoxy) is 1. The standard InChI is InChI=1S/C19H29N3O3S/c1-3-6-13(7-4-2)18(24)22-10-9-14-16(12-22)26-19(20-14)21-17(23)15-8-5-11-25-15/h13,15H,3-12H2,1-2H3,(H,20,21,23). The van der Waals surface area contributed by atoms with Crippen molar-refractivity contribution < 1.29 is 14.3 Å². The Bertz CT molecular complexity index is 634. The molecule has 1 atom stereocenters. The minimum Gasteiger partial charge on any atom is -0.368 e. The molecule has 6 nitrogen and oxygen atoms in total. The molecule has 26 heavy (non-hydrogen) atoms. The van der Waals surface area contributed by atoms with Gasteiger partial charge in [-0.3, -0.25) is 14.9 Å². The smallest absolute Gasteiger partial charge is 0.255 e. The van der Waals surface area contributed by atoms with E-state index in [1.54, 1.807) is 0 Å². The molecule has 2 aliphatic rings. The number of thiazole rings is 1. The first-order valence-electron chi connectivity index (χ1n) is 9.82. The van der Waals surface area contributed by atoms with E-state index in [-0.39, 0.29) is 23.8 Å². The fourth-order valence-corrected chi connectivity index (χ4v) is 4.78. The van der Waals surface area contributed by atoms with Crippen LogP contribution in [0.4, 0.5) is 5.13 Å². The van der Waals surface area contributed by atoms with Crippen molar-refractivity contribution in [1.29, 1.82) is 0 Å². The van der Waals surface area contributed by atoms with E-state index in [0.29, 0.717) is 18.3 Å². The first kappa shape index (κ1) is 19.3. The Morgan fingerprint density at radius 2 is 2.12 bits per heavy atom. The molecule has 2 amide bonds. The number of carbonyl (C=O) groups excluding carboxylic acids is 2. The third-order valence-electron chi connectivity index (χ3n) is 5.12. The van der Waals surface area contributed by atoms with Gasteiger partial charge in [0.25, 0.3) is 5.91 Å². The van der Waals surface area contributed by atoms with Crippen LogP contribution in [0.25, 0.3) is 0 Å². The molecule has 144 valence electrons. The predicted molar refractivity (Wildman–Crippen MR) is 102 cm³/mol. The number of rotatable bonds is 7. The van der Waals surface area contributed by atoms with E-state index in [4.69, 9.17) is 4.74 Å². The number of hydrogen-bond acceptors (Lipinski definition) is 5. The maximum Gasteiger partial charge on any atom is 0.255 e. The summed E-state index contributed by atoms with van der Waals surface area (Å²) >= 11 is 1.49. The van der Waals surface area contributed by atoms with Crippen molar-refractivity contribution in [1.82, 2.24) is 9.88 Å². The highest BCUT2D eigenvalue weighted by Crippen LogP contribution is 2.30.